The van der Waals surface area contributed by atoms with Gasteiger partial charge < -0.3 is 20.9 Å². The van der Waals surface area contributed by atoms with E-state index in [0.29, 0.717) is 23.0 Å². The average molecular weight is 465 g/mol. The minimum Gasteiger partial charge on any atom is -0.386 e. The highest BCUT2D eigenvalue weighted by Crippen LogP contribution is 2.35. The zero-order chi connectivity index (χ0) is 24.7. The highest BCUT2D eigenvalue weighted by atomic mass is 19.4. The van der Waals surface area contributed by atoms with Crippen LogP contribution >= 0.6 is 0 Å². The molecule has 1 amide bonds. The van der Waals surface area contributed by atoms with Crippen LogP contribution in [0, 0.1) is 6.92 Å². The molecule has 2 rings (SSSR count). The lowest BCUT2D eigenvalue weighted by atomic mass is 10.1. The Bertz CT molecular complexity index is 899. The standard InChI is InChI=1S/C17H22F5N7O.C2H6/c1-9-26-14(28-27-9)7-29(4)13-6-12(24-3)11(23-2)5-10(13)15(30)25-8-16(18,19)17(20,21)22;1-2/h5-6,23-24H,7-8H2,1-4H3,(H,25,30)(H,26,27,28);1-2H3. The number of carbonyl (C=O) groups excluding carboxylic acids is 1. The van der Waals surface area contributed by atoms with Crippen LogP contribution in [0.3, 0.4) is 0 Å². The van der Waals surface area contributed by atoms with Gasteiger partial charge in [0.15, 0.2) is 5.82 Å². The van der Waals surface area contributed by atoms with Gasteiger partial charge in [0.05, 0.1) is 35.7 Å². The van der Waals surface area contributed by atoms with Gasteiger partial charge in [-0.25, -0.2) is 4.98 Å². The Morgan fingerprint density at radius 2 is 1.66 bits per heavy atom. The Morgan fingerprint density at radius 1 is 1.09 bits per heavy atom. The number of H-pyrrole nitrogens is 1. The molecule has 0 bridgehead atoms. The van der Waals surface area contributed by atoms with Gasteiger partial charge in [0.1, 0.15) is 5.82 Å². The topological polar surface area (TPSA) is 98.0 Å². The van der Waals surface area contributed by atoms with Crippen molar-refractivity contribution in [1.29, 1.82) is 0 Å². The molecule has 2 aromatic rings. The summed E-state index contributed by atoms with van der Waals surface area (Å²) in [6, 6.07) is 2.93. The number of aromatic amines is 1. The number of hydrogen-bond donors (Lipinski definition) is 4. The Labute approximate surface area is 183 Å². The molecule has 0 unspecified atom stereocenters. The number of aryl methyl sites for hydroxylation is 1. The minimum atomic E-state index is -5.77. The minimum absolute atomic E-state index is 0.0916. The smallest absolute Gasteiger partial charge is 0.386 e. The summed E-state index contributed by atoms with van der Waals surface area (Å²) < 4.78 is 63.7. The number of benzene rings is 1. The molecule has 0 spiro atoms. The molecule has 0 radical (unpaired) electrons. The van der Waals surface area contributed by atoms with Crippen LogP contribution in [-0.4, -0.2) is 60.9 Å². The van der Waals surface area contributed by atoms with Crippen molar-refractivity contribution < 1.29 is 26.7 Å². The van der Waals surface area contributed by atoms with Gasteiger partial charge in [-0.05, 0) is 19.1 Å². The van der Waals surface area contributed by atoms with E-state index < -0.39 is 24.6 Å². The maximum atomic E-state index is 13.2. The summed E-state index contributed by atoms with van der Waals surface area (Å²) in [6.45, 7) is 3.99. The lowest BCUT2D eigenvalue weighted by Gasteiger charge is -2.24. The maximum Gasteiger partial charge on any atom is 0.455 e. The third kappa shape index (κ3) is 6.44. The summed E-state index contributed by atoms with van der Waals surface area (Å²) in [7, 11) is 4.83. The molecule has 0 aliphatic rings. The van der Waals surface area contributed by atoms with Crippen molar-refractivity contribution in [3.63, 3.8) is 0 Å². The van der Waals surface area contributed by atoms with Crippen LogP contribution in [0.25, 0.3) is 0 Å². The number of anilines is 3. The van der Waals surface area contributed by atoms with Crippen molar-refractivity contribution >= 4 is 23.0 Å². The van der Waals surface area contributed by atoms with E-state index in [1.54, 1.807) is 44.3 Å². The third-order valence-electron chi connectivity index (χ3n) is 4.24. The Kier molecular flexibility index (Phi) is 9.21. The fourth-order valence-electron chi connectivity index (χ4n) is 2.64. The van der Waals surface area contributed by atoms with Gasteiger partial charge in [0.25, 0.3) is 5.91 Å². The van der Waals surface area contributed by atoms with E-state index in [1.807, 2.05) is 13.8 Å². The van der Waals surface area contributed by atoms with Crippen molar-refractivity contribution in [1.82, 2.24) is 20.5 Å². The van der Waals surface area contributed by atoms with E-state index in [2.05, 4.69) is 25.8 Å². The quantitative estimate of drug-likeness (QED) is 0.443. The summed E-state index contributed by atoms with van der Waals surface area (Å²) in [6.07, 6.45) is -5.77. The van der Waals surface area contributed by atoms with E-state index in [9.17, 15) is 26.7 Å². The van der Waals surface area contributed by atoms with Gasteiger partial charge in [0.2, 0.25) is 0 Å². The first-order chi connectivity index (χ1) is 14.9. The highest BCUT2D eigenvalue weighted by Gasteiger charge is 2.57. The van der Waals surface area contributed by atoms with Crippen molar-refractivity contribution in [2.24, 2.45) is 0 Å². The van der Waals surface area contributed by atoms with Crippen LogP contribution < -0.4 is 20.9 Å². The molecule has 0 saturated heterocycles. The monoisotopic (exact) mass is 465 g/mol. The van der Waals surface area contributed by atoms with Crippen LogP contribution in [0.1, 0.15) is 35.9 Å². The van der Waals surface area contributed by atoms with Gasteiger partial charge in [-0.1, -0.05) is 13.8 Å². The summed E-state index contributed by atoms with van der Waals surface area (Å²) in [5.41, 5.74) is 1.23. The van der Waals surface area contributed by atoms with Crippen LogP contribution in [0.4, 0.5) is 39.0 Å². The fourth-order valence-corrected chi connectivity index (χ4v) is 2.64. The number of rotatable bonds is 8. The zero-order valence-electron chi connectivity index (χ0n) is 18.7. The SMILES string of the molecule is CC.CNc1cc(C(=O)NCC(F)(F)C(F)(F)F)c(N(C)Cc2n[nH]c(C)n2)cc1NC. The normalized spacial score (nSPS) is 11.3. The molecule has 1 heterocycles. The largest absolute Gasteiger partial charge is 0.455 e. The van der Waals surface area contributed by atoms with Gasteiger partial charge in [-0.15, -0.1) is 0 Å². The summed E-state index contributed by atoms with van der Waals surface area (Å²) in [5, 5.41) is 14.1. The number of nitrogens with one attached hydrogen (secondary N) is 4. The van der Waals surface area contributed by atoms with E-state index in [-0.39, 0.29) is 17.8 Å². The van der Waals surface area contributed by atoms with Crippen molar-refractivity contribution in [3.05, 3.63) is 29.3 Å². The number of alkyl halides is 5. The average Bonchev–Trinajstić information content (AvgIpc) is 3.15. The fraction of sp³-hybridized carbons (Fsp3) is 0.526. The Balaban J connectivity index is 0.00000249. The van der Waals surface area contributed by atoms with Crippen LogP contribution in [0.2, 0.25) is 0 Å². The lowest BCUT2D eigenvalue weighted by molar-refractivity contribution is -0.278. The van der Waals surface area contributed by atoms with E-state index >= 15 is 0 Å². The first kappa shape index (κ1) is 26.9. The number of carbonyl (C=O) groups is 1. The molecule has 0 aliphatic heterocycles. The molecule has 32 heavy (non-hydrogen) atoms. The highest BCUT2D eigenvalue weighted by molar-refractivity contribution is 6.02. The predicted molar refractivity (Wildman–Crippen MR) is 113 cm³/mol. The maximum absolute atomic E-state index is 13.2. The molecular weight excluding hydrogens is 437 g/mol. The second-order valence-electron chi connectivity index (χ2n) is 6.49. The number of aromatic nitrogens is 3. The summed E-state index contributed by atoms with van der Waals surface area (Å²) >= 11 is 0. The number of nitrogens with zero attached hydrogens (tertiary/aromatic N) is 3. The van der Waals surface area contributed by atoms with Crippen LogP contribution in [-0.2, 0) is 6.54 Å². The Morgan fingerprint density at radius 3 is 2.12 bits per heavy atom. The molecule has 0 saturated carbocycles. The van der Waals surface area contributed by atoms with Gasteiger partial charge in [-0.2, -0.15) is 27.1 Å². The second-order valence-corrected chi connectivity index (χ2v) is 6.49. The lowest BCUT2D eigenvalue weighted by Crippen LogP contribution is -2.47. The number of amides is 1. The zero-order valence-corrected chi connectivity index (χ0v) is 18.7. The molecule has 0 fully saturated rings. The number of hydrogen-bond acceptors (Lipinski definition) is 6. The summed E-state index contributed by atoms with van der Waals surface area (Å²) in [4.78, 5) is 18.3. The van der Waals surface area contributed by atoms with E-state index in [4.69, 9.17) is 0 Å². The predicted octanol–water partition coefficient (Wildman–Crippen LogP) is 3.79. The van der Waals surface area contributed by atoms with Gasteiger partial charge in [-0.3, -0.25) is 9.89 Å². The first-order valence-corrected chi connectivity index (χ1v) is 9.75. The van der Waals surface area contributed by atoms with Crippen LogP contribution in [0.5, 0.6) is 0 Å². The van der Waals surface area contributed by atoms with Crippen molar-refractivity contribution in [2.45, 2.75) is 39.4 Å². The molecule has 0 atom stereocenters. The molecule has 8 nitrogen and oxygen atoms in total. The third-order valence-corrected chi connectivity index (χ3v) is 4.24. The molecule has 180 valence electrons. The molecule has 4 N–H and O–H groups in total. The van der Waals surface area contributed by atoms with Gasteiger partial charge >= 0.3 is 12.1 Å². The second kappa shape index (κ2) is 11.0. The molecule has 1 aromatic carbocycles. The first-order valence-electron chi connectivity index (χ1n) is 9.75. The number of halogens is 5. The van der Waals surface area contributed by atoms with E-state index in [0.717, 1.165) is 0 Å². The molecule has 1 aromatic heterocycles. The molecule has 0 aliphatic carbocycles. The Hall–Kier alpha value is -3.12. The van der Waals surface area contributed by atoms with Crippen LogP contribution in [0.15, 0.2) is 12.1 Å². The van der Waals surface area contributed by atoms with E-state index in [1.165, 1.54) is 6.07 Å². The van der Waals surface area contributed by atoms with Crippen molar-refractivity contribution in [3.8, 4) is 0 Å². The molecular formula is C19H28F5N7O. The van der Waals surface area contributed by atoms with Gasteiger partial charge in [0, 0.05) is 21.1 Å². The summed E-state index contributed by atoms with van der Waals surface area (Å²) in [5.74, 6) is -5.14. The van der Waals surface area contributed by atoms with Crippen molar-refractivity contribution in [2.75, 3.05) is 43.2 Å². The molecule has 13 heteroatoms.